The summed E-state index contributed by atoms with van der Waals surface area (Å²) in [7, 11) is 5.06. The Hall–Kier alpha value is -8.19. The summed E-state index contributed by atoms with van der Waals surface area (Å²) < 4.78 is 60.6. The van der Waals surface area contributed by atoms with E-state index < -0.39 is 108 Å². The Morgan fingerprint density at radius 2 is 1.38 bits per heavy atom. The SMILES string of the molecule is COC(=O)[C@@H]1[C@@H](c2ccccc2)[C@@H](c2ccc(OC)cc2)[C@](O)(c2c(O)cc(OCCCCNC(=O)OCc3ccc(O[C@@H]4O[C@H](C(=O)OC)[C@@H](OC(C)=O)[C@H](OC(C)=O)[C@H]4OC(C)=O)c(NC(=O)CCN)c3)cc2OC)[C@@H]1O. The Kier molecular flexibility index (Phi) is 20.8. The van der Waals surface area contributed by atoms with Gasteiger partial charge in [-0.3, -0.25) is 24.0 Å². The lowest BCUT2D eigenvalue weighted by Gasteiger charge is -2.43. The number of aliphatic hydroxyl groups excluding tert-OH is 1. The predicted molar refractivity (Wildman–Crippen MR) is 275 cm³/mol. The molecular formula is C55H65N3O21. The fourth-order valence-electron chi connectivity index (χ4n) is 9.74. The zero-order valence-electron chi connectivity index (χ0n) is 44.5. The highest BCUT2D eigenvalue weighted by Crippen LogP contribution is 2.62. The highest BCUT2D eigenvalue weighted by Gasteiger charge is 2.65. The number of unbranched alkanes of at least 4 members (excludes halogenated alkanes) is 1. The van der Waals surface area contributed by atoms with Crippen LogP contribution in [0.4, 0.5) is 10.5 Å². The first-order valence-corrected chi connectivity index (χ1v) is 25.0. The quantitative estimate of drug-likeness (QED) is 0.0350. The molecule has 0 aromatic heterocycles. The van der Waals surface area contributed by atoms with Crippen molar-refractivity contribution in [2.45, 2.75) is 101 Å². The number of carbonyl (C=O) groups is 7. The van der Waals surface area contributed by atoms with Crippen molar-refractivity contribution in [2.75, 3.05) is 53.5 Å². The Morgan fingerprint density at radius 1 is 0.722 bits per heavy atom. The molecule has 2 amide bonds. The number of nitrogens with one attached hydrogen (secondary N) is 2. The van der Waals surface area contributed by atoms with E-state index in [9.17, 15) is 48.9 Å². The molecule has 0 spiro atoms. The van der Waals surface area contributed by atoms with Gasteiger partial charge in [-0.1, -0.05) is 48.5 Å². The zero-order valence-corrected chi connectivity index (χ0v) is 44.5. The lowest BCUT2D eigenvalue weighted by molar-refractivity contribution is -0.282. The fourth-order valence-corrected chi connectivity index (χ4v) is 9.74. The maximum absolute atomic E-state index is 13.5. The standard InChI is InChI=1S/C55H65N3O21/c1-29(59)75-46-47(76-30(2)60)49(77-31(3)61)53(79-48(46)52(66)72-7)78-39-20-15-32(25-37(39)58-41(63)21-22-56)28-74-54(67)57-23-11-12-24-73-36-26-38(62)45(40(27-36)70-5)55(68)44(34-16-18-35(69-4)19-17-34)42(33-13-9-8-10-14-33)43(50(55)64)51(65)71-6/h8-10,13-20,25-27,42-44,46-50,53,62,64,68H,11-12,21-24,28,56H2,1-7H3,(H,57,67)(H,58,63)/t42-,43-,44-,46+,47+,48+,49-,50-,53-,55+/m1/s1. The number of nitrogens with two attached hydrogens (primary N) is 1. The van der Waals surface area contributed by atoms with Crippen LogP contribution < -0.4 is 35.3 Å². The first kappa shape index (κ1) is 60.0. The monoisotopic (exact) mass is 1100 g/mol. The van der Waals surface area contributed by atoms with Gasteiger partial charge in [-0.05, 0) is 53.8 Å². The molecule has 24 nitrogen and oxygen atoms in total. The van der Waals surface area contributed by atoms with Crippen LogP contribution in [0.2, 0.25) is 0 Å². The maximum Gasteiger partial charge on any atom is 0.407 e. The molecular weight excluding hydrogens is 1040 g/mol. The van der Waals surface area contributed by atoms with E-state index in [1.165, 1.54) is 51.7 Å². The summed E-state index contributed by atoms with van der Waals surface area (Å²) in [5, 5.41) is 42.1. The predicted octanol–water partition coefficient (Wildman–Crippen LogP) is 3.77. The van der Waals surface area contributed by atoms with Crippen molar-refractivity contribution in [3.63, 3.8) is 0 Å². The van der Waals surface area contributed by atoms with E-state index in [-0.39, 0.29) is 61.2 Å². The molecule has 0 unspecified atom stereocenters. The number of ether oxygens (including phenoxy) is 11. The number of rotatable bonds is 23. The smallest absolute Gasteiger partial charge is 0.407 e. The topological polar surface area (TPSA) is 332 Å². The number of esters is 5. The van der Waals surface area contributed by atoms with Gasteiger partial charge in [0, 0.05) is 64.3 Å². The highest BCUT2D eigenvalue weighted by atomic mass is 16.7. The van der Waals surface area contributed by atoms with E-state index in [2.05, 4.69) is 10.6 Å². The number of aliphatic hydroxyl groups is 2. The molecule has 10 atom stereocenters. The van der Waals surface area contributed by atoms with Gasteiger partial charge < -0.3 is 83.8 Å². The van der Waals surface area contributed by atoms with Crippen LogP contribution in [0.3, 0.4) is 0 Å². The number of phenolic OH excluding ortho intramolecular Hbond substituents is 1. The van der Waals surface area contributed by atoms with Gasteiger partial charge in [-0.25, -0.2) is 9.59 Å². The first-order valence-electron chi connectivity index (χ1n) is 25.0. The van der Waals surface area contributed by atoms with Gasteiger partial charge in [-0.15, -0.1) is 0 Å². The van der Waals surface area contributed by atoms with Crippen LogP contribution in [0, 0.1) is 5.92 Å². The van der Waals surface area contributed by atoms with Crippen LogP contribution in [0.1, 0.15) is 74.1 Å². The number of alkyl carbamates (subject to hydrolysis) is 1. The normalized spacial score (nSPS) is 23.2. The van der Waals surface area contributed by atoms with Crippen LogP contribution in [-0.2, 0) is 74.1 Å². The molecule has 0 radical (unpaired) electrons. The van der Waals surface area contributed by atoms with E-state index in [0.29, 0.717) is 35.3 Å². The molecule has 1 saturated carbocycles. The lowest BCUT2D eigenvalue weighted by Crippen LogP contribution is -2.64. The molecule has 79 heavy (non-hydrogen) atoms. The van der Waals surface area contributed by atoms with Crippen LogP contribution in [0.15, 0.2) is 84.9 Å². The summed E-state index contributed by atoms with van der Waals surface area (Å²) in [4.78, 5) is 88.9. The zero-order chi connectivity index (χ0) is 57.6. The Balaban J connectivity index is 1.11. The van der Waals surface area contributed by atoms with E-state index in [1.54, 1.807) is 54.6 Å². The van der Waals surface area contributed by atoms with Gasteiger partial charge in [0.25, 0.3) is 0 Å². The Morgan fingerprint density at radius 3 is 2.00 bits per heavy atom. The molecule has 6 rings (SSSR count). The van der Waals surface area contributed by atoms with Gasteiger partial charge in [0.2, 0.25) is 18.3 Å². The molecule has 1 aliphatic heterocycles. The molecule has 426 valence electrons. The maximum atomic E-state index is 13.5. The number of anilines is 1. The average molecular weight is 1100 g/mol. The average Bonchev–Trinajstić information content (AvgIpc) is 3.86. The molecule has 0 bridgehead atoms. The number of amides is 2. The highest BCUT2D eigenvalue weighted by molar-refractivity contribution is 5.92. The van der Waals surface area contributed by atoms with E-state index in [0.717, 1.165) is 27.9 Å². The van der Waals surface area contributed by atoms with Crippen molar-refractivity contribution in [3.8, 4) is 28.7 Å². The van der Waals surface area contributed by atoms with Crippen molar-refractivity contribution in [1.29, 1.82) is 0 Å². The Labute approximate surface area is 454 Å². The number of hydrogen-bond donors (Lipinski definition) is 6. The van der Waals surface area contributed by atoms with Gasteiger partial charge in [0.05, 0.1) is 52.2 Å². The number of methoxy groups -OCH3 is 4. The number of carbonyl (C=O) groups excluding carboxylic acids is 7. The second kappa shape index (κ2) is 27.4. The van der Waals surface area contributed by atoms with Crippen LogP contribution in [-0.4, -0.2) is 142 Å². The van der Waals surface area contributed by atoms with Crippen molar-refractivity contribution in [1.82, 2.24) is 5.32 Å². The molecule has 24 heteroatoms. The van der Waals surface area contributed by atoms with Crippen molar-refractivity contribution >= 4 is 47.5 Å². The van der Waals surface area contributed by atoms with Crippen molar-refractivity contribution in [3.05, 3.63) is 107 Å². The van der Waals surface area contributed by atoms with Gasteiger partial charge in [0.15, 0.2) is 18.3 Å². The van der Waals surface area contributed by atoms with Crippen molar-refractivity contribution < 1.29 is 101 Å². The third-order valence-electron chi connectivity index (χ3n) is 13.1. The molecule has 4 aromatic rings. The van der Waals surface area contributed by atoms with Gasteiger partial charge in [-0.2, -0.15) is 0 Å². The molecule has 2 fully saturated rings. The van der Waals surface area contributed by atoms with Crippen molar-refractivity contribution in [2.24, 2.45) is 11.7 Å². The fraction of sp³-hybridized carbons (Fsp3) is 0.436. The summed E-state index contributed by atoms with van der Waals surface area (Å²) in [6.45, 7) is 3.03. The summed E-state index contributed by atoms with van der Waals surface area (Å²) >= 11 is 0. The van der Waals surface area contributed by atoms with Crippen LogP contribution in [0.5, 0.6) is 28.7 Å². The third kappa shape index (κ3) is 14.3. The lowest BCUT2D eigenvalue weighted by atomic mass is 9.73. The van der Waals surface area contributed by atoms with Gasteiger partial charge >= 0.3 is 35.9 Å². The summed E-state index contributed by atoms with van der Waals surface area (Å²) in [6.07, 6.45) is -10.4. The Bertz CT molecular complexity index is 2800. The van der Waals surface area contributed by atoms with Crippen LogP contribution >= 0.6 is 0 Å². The van der Waals surface area contributed by atoms with E-state index >= 15 is 0 Å². The molecule has 7 N–H and O–H groups in total. The number of hydrogen-bond acceptors (Lipinski definition) is 22. The molecule has 1 saturated heterocycles. The minimum atomic E-state index is -2.33. The molecule has 1 heterocycles. The second-order valence-electron chi connectivity index (χ2n) is 18.3. The van der Waals surface area contributed by atoms with Crippen LogP contribution in [0.25, 0.3) is 0 Å². The minimum absolute atomic E-state index is 0.000118. The van der Waals surface area contributed by atoms with Gasteiger partial charge in [0.1, 0.15) is 47.1 Å². The summed E-state index contributed by atoms with van der Waals surface area (Å²) in [5.41, 5.74) is 4.62. The summed E-state index contributed by atoms with van der Waals surface area (Å²) in [5.74, 6) is -8.16. The number of phenols is 1. The molecule has 2 aliphatic rings. The van der Waals surface area contributed by atoms with E-state index in [4.69, 9.17) is 57.8 Å². The largest absolute Gasteiger partial charge is 0.507 e. The first-order chi connectivity index (χ1) is 37.8. The number of aromatic hydroxyl groups is 1. The number of benzene rings is 4. The molecule has 4 aromatic carbocycles. The second-order valence-corrected chi connectivity index (χ2v) is 18.3. The molecule has 1 aliphatic carbocycles. The third-order valence-corrected chi connectivity index (χ3v) is 13.1. The minimum Gasteiger partial charge on any atom is -0.507 e. The summed E-state index contributed by atoms with van der Waals surface area (Å²) in [6, 6.07) is 22.7. The van der Waals surface area contributed by atoms with E-state index in [1.807, 2.05) is 0 Å².